The summed E-state index contributed by atoms with van der Waals surface area (Å²) in [4.78, 5) is 108. The average molecular weight is 1930 g/mol. The highest BCUT2D eigenvalue weighted by Crippen LogP contribution is 2.28. The van der Waals surface area contributed by atoms with Gasteiger partial charge in [-0.15, -0.1) is 0 Å². The van der Waals surface area contributed by atoms with E-state index in [1.807, 2.05) is 20.8 Å². The van der Waals surface area contributed by atoms with Crippen LogP contribution >= 0.6 is 0 Å². The lowest BCUT2D eigenvalue weighted by Crippen LogP contribution is -2.59. The van der Waals surface area contributed by atoms with Crippen molar-refractivity contribution < 1.29 is 182 Å². The van der Waals surface area contributed by atoms with Crippen molar-refractivity contribution in [3.8, 4) is 0 Å². The number of esters is 1. The Hall–Kier alpha value is -6.20. The number of imide groups is 1. The van der Waals surface area contributed by atoms with Gasteiger partial charge < -0.3 is 164 Å². The van der Waals surface area contributed by atoms with Crippen molar-refractivity contribution in [3.63, 3.8) is 0 Å². The van der Waals surface area contributed by atoms with Crippen LogP contribution in [0.3, 0.4) is 0 Å². The first kappa shape index (κ1) is 124. The van der Waals surface area contributed by atoms with Crippen molar-refractivity contribution in [1.82, 2.24) is 20.4 Å². The third kappa shape index (κ3) is 67.2. The zero-order valence-corrected chi connectivity index (χ0v) is 81.3. The number of nitrogens with one attached hydrogen (secondary N) is 3. The monoisotopic (exact) mass is 1930 g/mol. The second kappa shape index (κ2) is 81.6. The minimum Gasteiger partial charge on any atom is -0.479 e. The lowest BCUT2D eigenvalue weighted by Gasteiger charge is -2.39. The van der Waals surface area contributed by atoms with Crippen LogP contribution < -0.4 is 16.0 Å². The number of carbonyl (C=O) groups is 8. The van der Waals surface area contributed by atoms with Crippen molar-refractivity contribution in [2.24, 2.45) is 16.7 Å². The summed E-state index contributed by atoms with van der Waals surface area (Å²) in [5, 5.41) is 49.0. The molecule has 43 heteroatoms. The fraction of sp³-hybridized carbons (Fsp3) is 0.824. The Morgan fingerprint density at radius 1 is 0.433 bits per heavy atom. The van der Waals surface area contributed by atoms with Crippen LogP contribution in [0, 0.1) is 16.7 Å². The maximum atomic E-state index is 13.9. The molecule has 0 aromatic heterocycles. The van der Waals surface area contributed by atoms with Gasteiger partial charge in [0.15, 0.2) is 6.10 Å². The van der Waals surface area contributed by atoms with Crippen LogP contribution in [0.1, 0.15) is 93.2 Å². The van der Waals surface area contributed by atoms with Crippen molar-refractivity contribution in [2.45, 2.75) is 138 Å². The van der Waals surface area contributed by atoms with E-state index in [2.05, 4.69) is 16.0 Å². The second-order valence-electron chi connectivity index (χ2n) is 32.6. The first-order valence-corrected chi connectivity index (χ1v) is 46.3. The first-order chi connectivity index (χ1) is 64.6. The van der Waals surface area contributed by atoms with Crippen molar-refractivity contribution in [2.75, 3.05) is 343 Å². The minimum atomic E-state index is -1.89. The molecular formula is C91H161N5O38. The quantitative estimate of drug-likeness (QED) is 0.0276. The largest absolute Gasteiger partial charge is 0.479 e. The summed E-state index contributed by atoms with van der Waals surface area (Å²) in [7, 11) is 1.64. The molecule has 43 nitrogen and oxygen atoms in total. The van der Waals surface area contributed by atoms with Crippen LogP contribution in [0.25, 0.3) is 0 Å². The van der Waals surface area contributed by atoms with E-state index in [0.29, 0.717) is 289 Å². The number of aliphatic hydroxyl groups excluding tert-OH is 3. The van der Waals surface area contributed by atoms with Crippen LogP contribution in [0.5, 0.6) is 0 Å². The number of aliphatic carboxylic acids is 1. The molecule has 1 saturated heterocycles. The average Bonchev–Trinajstić information content (AvgIpc) is 0.803. The summed E-state index contributed by atoms with van der Waals surface area (Å²) in [6.45, 7) is 35.6. The lowest BCUT2D eigenvalue weighted by atomic mass is 9.91. The van der Waals surface area contributed by atoms with E-state index < -0.39 is 113 Å². The van der Waals surface area contributed by atoms with Crippen LogP contribution in [0.2, 0.25) is 0 Å². The molecule has 778 valence electrons. The minimum absolute atomic E-state index is 0.0131. The highest BCUT2D eigenvalue weighted by atomic mass is 16.6. The number of aryl methyl sites for hydroxylation is 1. The summed E-state index contributed by atoms with van der Waals surface area (Å²) in [5.74, 6) is -6.58. The Morgan fingerprint density at radius 2 is 0.769 bits per heavy atom. The van der Waals surface area contributed by atoms with E-state index in [1.165, 1.54) is 24.0 Å². The van der Waals surface area contributed by atoms with Gasteiger partial charge in [0.25, 0.3) is 5.91 Å². The Labute approximate surface area is 790 Å². The number of carboxylic acid groups (broad SMARTS) is 1. The van der Waals surface area contributed by atoms with Gasteiger partial charge in [-0.2, -0.15) is 0 Å². The molecule has 0 radical (unpaired) electrons. The number of hydrogen-bond acceptors (Lipinski definition) is 37. The topological polar surface area (TPSA) is 500 Å². The summed E-state index contributed by atoms with van der Waals surface area (Å²) in [5.41, 5.74) is -0.0211. The Bertz CT molecular complexity index is 3180. The van der Waals surface area contributed by atoms with Gasteiger partial charge in [-0.1, -0.05) is 46.8 Å². The van der Waals surface area contributed by atoms with Crippen molar-refractivity contribution >= 4 is 53.1 Å². The molecule has 0 unspecified atom stereocenters. The highest BCUT2D eigenvalue weighted by molar-refractivity contribution is 6.03. The molecule has 0 saturated carbocycles. The Morgan fingerprint density at radius 3 is 1.07 bits per heavy atom. The standard InChI is InChI=1S/C91H161N5O38/c1-71(2)81(87(105)92-72(3)86(104)93-76-14-12-75(70-133-89(108)91(8,9)10)74(68-76)13-15-77-82(101)83(102)84(103)85(134-77)88(106)107)94-78(98)17-19-95(80(100)69-96(73(4)97)79(99)16-18-90(5,6)7)20-21-110-24-25-112-28-29-114-32-33-116-36-37-118-40-41-120-44-45-122-48-49-124-52-53-126-56-57-128-60-61-130-64-65-132-67-66-131-63-62-129-59-58-127-55-54-125-51-50-123-47-46-121-43-42-119-39-38-117-35-34-115-31-30-113-27-26-111-23-22-109-11/h12,14,16,18,68,71-72,77,81-85,101-103H,13,15,17,19-67,69-70H2,1-11H3,(H,92,105)(H,93,104)(H,94,98)(H,106,107)/b18-16+/t72-,77-,81-,82-,83+,84-,85-/m0/s1. The number of allylic oxidation sites excluding steroid dienone is 1. The van der Waals surface area contributed by atoms with Crippen LogP contribution in [0.4, 0.5) is 5.69 Å². The molecular weight excluding hydrogens is 1770 g/mol. The zero-order valence-electron chi connectivity index (χ0n) is 81.3. The van der Waals surface area contributed by atoms with Gasteiger partial charge in [0.2, 0.25) is 29.5 Å². The Kier molecular flexibility index (Phi) is 75.4. The second-order valence-corrected chi connectivity index (χ2v) is 32.6. The summed E-state index contributed by atoms with van der Waals surface area (Å²) >= 11 is 0. The van der Waals surface area contributed by atoms with Gasteiger partial charge in [0.1, 0.15) is 43.5 Å². The zero-order chi connectivity index (χ0) is 98.3. The fourth-order valence-corrected chi connectivity index (χ4v) is 11.4. The van der Waals surface area contributed by atoms with Crippen LogP contribution in [0.15, 0.2) is 30.4 Å². The molecule has 0 bridgehead atoms. The number of carbonyl (C=O) groups excluding carboxylic acids is 7. The molecule has 0 aliphatic carbocycles. The van der Waals surface area contributed by atoms with E-state index in [4.69, 9.17) is 123 Å². The molecule has 134 heavy (non-hydrogen) atoms. The van der Waals surface area contributed by atoms with Crippen molar-refractivity contribution in [1.29, 1.82) is 0 Å². The van der Waals surface area contributed by atoms with E-state index in [1.54, 1.807) is 59.9 Å². The lowest BCUT2D eigenvalue weighted by molar-refractivity contribution is -0.228. The number of anilines is 1. The van der Waals surface area contributed by atoms with Crippen molar-refractivity contribution in [3.05, 3.63) is 41.5 Å². The number of ether oxygens (including phenoxy) is 26. The number of amides is 6. The van der Waals surface area contributed by atoms with E-state index in [0.717, 1.165) is 11.8 Å². The van der Waals surface area contributed by atoms with Gasteiger partial charge in [-0.05, 0) is 75.1 Å². The third-order valence-electron chi connectivity index (χ3n) is 18.9. The number of rotatable bonds is 90. The molecule has 6 amide bonds. The molecule has 7 N–H and O–H groups in total. The molecule has 2 rings (SSSR count). The number of hydrogen-bond donors (Lipinski definition) is 7. The normalized spacial score (nSPS) is 15.8. The van der Waals surface area contributed by atoms with E-state index >= 15 is 0 Å². The fourth-order valence-electron chi connectivity index (χ4n) is 11.4. The molecule has 7 atom stereocenters. The van der Waals surface area contributed by atoms with E-state index in [9.17, 15) is 58.8 Å². The summed E-state index contributed by atoms with van der Waals surface area (Å²) < 4.78 is 143. The predicted octanol–water partition coefficient (Wildman–Crippen LogP) is 1.45. The molecule has 1 aromatic rings. The highest BCUT2D eigenvalue weighted by Gasteiger charge is 2.47. The predicted molar refractivity (Wildman–Crippen MR) is 484 cm³/mol. The van der Waals surface area contributed by atoms with Gasteiger partial charge in [0, 0.05) is 45.3 Å². The number of benzene rings is 1. The molecule has 1 aliphatic rings. The SMILES string of the molecule is COCCOCCOCCOCCOCCOCCOCCOCCOCCOCCOCCOCCOCCOCCOCCOCCOCCOCCOCCOCCOCCOCCOCCOCCN(CCC(=O)N[C@H](C(=O)N[C@@H](C)C(=O)Nc1ccc(COC(=O)C(C)(C)C)c(CC[C@@H]2O[C@H](C(=O)O)[C@@H](O)[C@H](O)[C@H]2O)c1)C(C)C)C(=O)CN(C(C)=O)C(=O)/C=C/C(C)(C)C. The molecule has 1 aromatic carbocycles. The number of methoxy groups -OCH3 is 1. The summed E-state index contributed by atoms with van der Waals surface area (Å²) in [6.07, 6.45) is -5.90. The molecule has 1 aliphatic heterocycles. The molecule has 1 fully saturated rings. The van der Waals surface area contributed by atoms with Crippen LogP contribution in [-0.2, 0) is 175 Å². The van der Waals surface area contributed by atoms with E-state index in [-0.39, 0.29) is 77.7 Å². The number of nitrogens with zero attached hydrogens (tertiary/aromatic N) is 2. The van der Waals surface area contributed by atoms with Gasteiger partial charge in [0.05, 0.1) is 322 Å². The smallest absolute Gasteiger partial charge is 0.335 e. The molecule has 1 heterocycles. The number of aliphatic hydroxyl groups is 3. The van der Waals surface area contributed by atoms with Gasteiger partial charge >= 0.3 is 11.9 Å². The van der Waals surface area contributed by atoms with Gasteiger partial charge in [-0.25, -0.2) is 4.79 Å². The third-order valence-corrected chi connectivity index (χ3v) is 18.9. The molecule has 0 spiro atoms. The Balaban J connectivity index is 1.46. The summed E-state index contributed by atoms with van der Waals surface area (Å²) in [6, 6.07) is 2.35. The maximum absolute atomic E-state index is 13.9. The number of carboxylic acids is 1. The van der Waals surface area contributed by atoms with Crippen LogP contribution in [-0.4, -0.2) is 457 Å². The first-order valence-electron chi connectivity index (χ1n) is 46.3. The van der Waals surface area contributed by atoms with Gasteiger partial charge in [-0.3, -0.25) is 38.5 Å². The maximum Gasteiger partial charge on any atom is 0.335 e.